The van der Waals surface area contributed by atoms with Crippen LogP contribution in [0.15, 0.2) is 78.9 Å². The molecule has 0 heterocycles. The number of fused-ring (bicyclic) bond motifs is 1. The molecular weight excluding hydrogens is 427 g/mol. The van der Waals surface area contributed by atoms with Gasteiger partial charge in [-0.1, -0.05) is 91.7 Å². The van der Waals surface area contributed by atoms with Crippen molar-refractivity contribution in [1.29, 1.82) is 0 Å². The fourth-order valence-corrected chi connectivity index (χ4v) is 4.13. The van der Waals surface area contributed by atoms with Crippen LogP contribution in [0.2, 0.25) is 5.02 Å². The van der Waals surface area contributed by atoms with Crippen molar-refractivity contribution < 1.29 is 4.39 Å². The molecule has 0 amide bonds. The number of benzene rings is 4. The molecule has 0 aliphatic carbocycles. The van der Waals surface area contributed by atoms with Gasteiger partial charge in [0.05, 0.1) is 5.56 Å². The first kappa shape index (κ1) is 23.1. The molecule has 4 rings (SSSR count). The van der Waals surface area contributed by atoms with Gasteiger partial charge in [0.2, 0.25) is 0 Å². The van der Waals surface area contributed by atoms with E-state index in [2.05, 4.69) is 49.1 Å². The monoisotopic (exact) mass is 454 g/mol. The third kappa shape index (κ3) is 6.25. The summed E-state index contributed by atoms with van der Waals surface area (Å²) in [6, 6.07) is 26.0. The summed E-state index contributed by atoms with van der Waals surface area (Å²) in [6.07, 6.45) is 6.89. The zero-order valence-corrected chi connectivity index (χ0v) is 19.8. The van der Waals surface area contributed by atoms with Crippen molar-refractivity contribution in [3.05, 3.63) is 118 Å². The maximum atomic E-state index is 15.0. The first-order valence-corrected chi connectivity index (χ1v) is 12.1. The van der Waals surface area contributed by atoms with E-state index in [1.54, 1.807) is 18.2 Å². The molecule has 0 nitrogen and oxygen atoms in total. The quantitative estimate of drug-likeness (QED) is 0.194. The highest BCUT2D eigenvalue weighted by Crippen LogP contribution is 2.23. The summed E-state index contributed by atoms with van der Waals surface area (Å²) >= 11 is 5.91. The van der Waals surface area contributed by atoms with Crippen LogP contribution >= 0.6 is 11.6 Å². The number of rotatable bonds is 7. The summed E-state index contributed by atoms with van der Waals surface area (Å²) in [4.78, 5) is 0. The van der Waals surface area contributed by atoms with Crippen LogP contribution in [0.4, 0.5) is 4.39 Å². The van der Waals surface area contributed by atoms with Gasteiger partial charge < -0.3 is 0 Å². The van der Waals surface area contributed by atoms with Crippen molar-refractivity contribution in [3.63, 3.8) is 0 Å². The molecule has 4 aromatic rings. The number of unbranched alkanes of at least 4 members (excludes halogenated alkanes) is 2. The van der Waals surface area contributed by atoms with Gasteiger partial charge in [-0.25, -0.2) is 4.39 Å². The fraction of sp³-hybridized carbons (Fsp3) is 0.226. The summed E-state index contributed by atoms with van der Waals surface area (Å²) in [5, 5.41) is 2.18. The molecule has 2 heteroatoms. The summed E-state index contributed by atoms with van der Waals surface area (Å²) in [7, 11) is 0. The van der Waals surface area contributed by atoms with Crippen LogP contribution in [0.1, 0.15) is 54.0 Å². The van der Waals surface area contributed by atoms with E-state index in [4.69, 9.17) is 11.6 Å². The number of hydrogen-bond donors (Lipinski definition) is 0. The maximum Gasteiger partial charge on any atom is 0.146 e. The lowest BCUT2D eigenvalue weighted by Crippen LogP contribution is -1.94. The molecule has 0 aromatic heterocycles. The van der Waals surface area contributed by atoms with Gasteiger partial charge in [0, 0.05) is 16.0 Å². The molecule has 0 radical (unpaired) electrons. The average Bonchev–Trinajstić information content (AvgIpc) is 2.84. The van der Waals surface area contributed by atoms with E-state index < -0.39 is 0 Å². The van der Waals surface area contributed by atoms with Crippen molar-refractivity contribution >= 4 is 22.4 Å². The Morgan fingerprint density at radius 2 is 1.36 bits per heavy atom. The highest BCUT2D eigenvalue weighted by Gasteiger charge is 2.07. The Balaban J connectivity index is 1.43. The van der Waals surface area contributed by atoms with Gasteiger partial charge in [0.1, 0.15) is 5.82 Å². The lowest BCUT2D eigenvalue weighted by atomic mass is 9.98. The minimum Gasteiger partial charge on any atom is -0.205 e. The summed E-state index contributed by atoms with van der Waals surface area (Å²) < 4.78 is 15.0. The summed E-state index contributed by atoms with van der Waals surface area (Å²) in [6.45, 7) is 2.24. The van der Waals surface area contributed by atoms with E-state index in [0.717, 1.165) is 30.2 Å². The molecule has 0 aliphatic rings. The molecule has 0 atom stereocenters. The molecule has 0 unspecified atom stereocenters. The van der Waals surface area contributed by atoms with E-state index in [1.807, 2.05) is 30.3 Å². The Morgan fingerprint density at radius 3 is 2.09 bits per heavy atom. The van der Waals surface area contributed by atoms with Crippen LogP contribution in [0.5, 0.6) is 0 Å². The first-order valence-electron chi connectivity index (χ1n) is 11.7. The van der Waals surface area contributed by atoms with Gasteiger partial charge in [-0.3, -0.25) is 0 Å². The summed E-state index contributed by atoms with van der Waals surface area (Å²) in [5.41, 5.74) is 5.19. The van der Waals surface area contributed by atoms with E-state index in [0.29, 0.717) is 16.0 Å². The molecule has 0 aliphatic heterocycles. The van der Waals surface area contributed by atoms with Crippen LogP contribution in [-0.2, 0) is 19.3 Å². The standard InChI is InChI=1S/C31H28ClF/c1-2-3-4-5-23-6-8-24(9-7-23)10-11-26-15-21-30-28(22-26)18-17-27(31(30)33)16-12-25-13-19-29(32)20-14-25/h6-9,13-15,17-22H,2-5,10-11H2,1H3. The molecule has 0 saturated carbocycles. The molecule has 4 aromatic carbocycles. The second-order valence-electron chi connectivity index (χ2n) is 8.51. The first-order chi connectivity index (χ1) is 16.1. The lowest BCUT2D eigenvalue weighted by Gasteiger charge is -2.07. The third-order valence-electron chi connectivity index (χ3n) is 6.00. The molecule has 0 saturated heterocycles. The Bertz CT molecular complexity index is 1280. The molecule has 0 fully saturated rings. The van der Waals surface area contributed by atoms with Crippen LogP contribution in [-0.4, -0.2) is 0 Å². The second-order valence-corrected chi connectivity index (χ2v) is 8.95. The lowest BCUT2D eigenvalue weighted by molar-refractivity contribution is 0.636. The van der Waals surface area contributed by atoms with Crippen LogP contribution in [0.3, 0.4) is 0 Å². The van der Waals surface area contributed by atoms with Crippen molar-refractivity contribution in [2.45, 2.75) is 45.4 Å². The molecule has 0 spiro atoms. The van der Waals surface area contributed by atoms with Gasteiger partial charge in [0.25, 0.3) is 0 Å². The second kappa shape index (κ2) is 11.2. The van der Waals surface area contributed by atoms with Crippen molar-refractivity contribution in [1.82, 2.24) is 0 Å². The van der Waals surface area contributed by atoms with Crippen LogP contribution < -0.4 is 0 Å². The largest absolute Gasteiger partial charge is 0.205 e. The minimum absolute atomic E-state index is 0.265. The fourth-order valence-electron chi connectivity index (χ4n) is 4.01. The van der Waals surface area contributed by atoms with E-state index in [1.165, 1.54) is 36.0 Å². The van der Waals surface area contributed by atoms with E-state index in [-0.39, 0.29) is 5.82 Å². The highest BCUT2D eigenvalue weighted by atomic mass is 35.5. The van der Waals surface area contributed by atoms with Crippen LogP contribution in [0.25, 0.3) is 10.8 Å². The SMILES string of the molecule is CCCCCc1ccc(CCc2ccc3c(F)c(C#Cc4ccc(Cl)cc4)ccc3c2)cc1. The zero-order chi connectivity index (χ0) is 23.0. The smallest absolute Gasteiger partial charge is 0.146 e. The predicted octanol–water partition coefficient (Wildman–Crippen LogP) is 8.55. The average molecular weight is 455 g/mol. The molecule has 33 heavy (non-hydrogen) atoms. The predicted molar refractivity (Wildman–Crippen MR) is 138 cm³/mol. The van der Waals surface area contributed by atoms with E-state index in [9.17, 15) is 0 Å². The van der Waals surface area contributed by atoms with Gasteiger partial charge in [-0.05, 0) is 78.1 Å². The molecule has 0 N–H and O–H groups in total. The van der Waals surface area contributed by atoms with Gasteiger partial charge >= 0.3 is 0 Å². The van der Waals surface area contributed by atoms with Gasteiger partial charge in [-0.2, -0.15) is 0 Å². The minimum atomic E-state index is -0.265. The Morgan fingerprint density at radius 1 is 0.697 bits per heavy atom. The normalized spacial score (nSPS) is 10.8. The Hall–Kier alpha value is -3.08. The molecular formula is C31H28ClF. The molecule has 166 valence electrons. The van der Waals surface area contributed by atoms with Gasteiger partial charge in [-0.15, -0.1) is 0 Å². The van der Waals surface area contributed by atoms with E-state index >= 15 is 4.39 Å². The van der Waals surface area contributed by atoms with Gasteiger partial charge in [0.15, 0.2) is 0 Å². The number of hydrogen-bond acceptors (Lipinski definition) is 0. The van der Waals surface area contributed by atoms with Crippen molar-refractivity contribution in [2.24, 2.45) is 0 Å². The Kier molecular flexibility index (Phi) is 7.82. The van der Waals surface area contributed by atoms with Crippen molar-refractivity contribution in [2.75, 3.05) is 0 Å². The number of aryl methyl sites for hydroxylation is 3. The maximum absolute atomic E-state index is 15.0. The number of halogens is 2. The highest BCUT2D eigenvalue weighted by molar-refractivity contribution is 6.30. The van der Waals surface area contributed by atoms with Crippen molar-refractivity contribution in [3.8, 4) is 11.8 Å². The van der Waals surface area contributed by atoms with Crippen LogP contribution in [0, 0.1) is 17.7 Å². The summed E-state index contributed by atoms with van der Waals surface area (Å²) in [5.74, 6) is 5.70. The zero-order valence-electron chi connectivity index (χ0n) is 19.0. The molecule has 0 bridgehead atoms. The Labute approximate surface area is 201 Å². The topological polar surface area (TPSA) is 0 Å². The third-order valence-corrected chi connectivity index (χ3v) is 6.25.